The summed E-state index contributed by atoms with van der Waals surface area (Å²) in [5.74, 6) is -1.37. The van der Waals surface area contributed by atoms with E-state index < -0.39 is 33.6 Å². The Morgan fingerprint density at radius 2 is 1.53 bits per heavy atom. The molecule has 0 saturated carbocycles. The van der Waals surface area contributed by atoms with Gasteiger partial charge in [-0.25, -0.2) is 8.42 Å². The molecule has 2 aromatic carbocycles. The van der Waals surface area contributed by atoms with Crippen LogP contribution < -0.4 is 15.6 Å². The first-order valence-electron chi connectivity index (χ1n) is 8.88. The van der Waals surface area contributed by atoms with Crippen LogP contribution in [0, 0.1) is 0 Å². The minimum absolute atomic E-state index is 0.0318. The molecule has 1 heterocycles. The standard InChI is InChI=1S/C20H15F3N4O4S/c21-20(22,23)14-4-3-5-15(12-14)27-32(30,31)16-9-7-13(8-10-16)18(28)25-26-19(29)17-6-1-2-11-24-17/h1-12,27H,(H,25,28)(H,26,29). The van der Waals surface area contributed by atoms with Gasteiger partial charge in [-0.15, -0.1) is 0 Å². The highest BCUT2D eigenvalue weighted by Crippen LogP contribution is 2.31. The second-order valence-electron chi connectivity index (χ2n) is 6.33. The molecule has 0 bridgehead atoms. The largest absolute Gasteiger partial charge is 0.416 e. The smallest absolute Gasteiger partial charge is 0.280 e. The van der Waals surface area contributed by atoms with Crippen LogP contribution >= 0.6 is 0 Å². The van der Waals surface area contributed by atoms with Crippen molar-refractivity contribution in [2.45, 2.75) is 11.1 Å². The summed E-state index contributed by atoms with van der Waals surface area (Å²) in [5, 5.41) is 0. The van der Waals surface area contributed by atoms with Gasteiger partial charge in [-0.05, 0) is 54.6 Å². The first-order valence-corrected chi connectivity index (χ1v) is 10.4. The summed E-state index contributed by atoms with van der Waals surface area (Å²) in [7, 11) is -4.21. The number of carbonyl (C=O) groups is 2. The van der Waals surface area contributed by atoms with Crippen LogP contribution in [0.1, 0.15) is 26.4 Å². The predicted octanol–water partition coefficient (Wildman–Crippen LogP) is 2.98. The Morgan fingerprint density at radius 1 is 0.844 bits per heavy atom. The van der Waals surface area contributed by atoms with Gasteiger partial charge < -0.3 is 0 Å². The second kappa shape index (κ2) is 9.06. The van der Waals surface area contributed by atoms with Gasteiger partial charge in [0, 0.05) is 17.4 Å². The summed E-state index contributed by atoms with van der Waals surface area (Å²) in [6.07, 6.45) is -3.22. The number of anilines is 1. The van der Waals surface area contributed by atoms with Crippen molar-refractivity contribution in [2.75, 3.05) is 4.72 Å². The fraction of sp³-hybridized carbons (Fsp3) is 0.0500. The van der Waals surface area contributed by atoms with Gasteiger partial charge in [-0.2, -0.15) is 13.2 Å². The lowest BCUT2D eigenvalue weighted by Crippen LogP contribution is -2.41. The molecule has 0 spiro atoms. The maximum atomic E-state index is 12.8. The molecule has 0 aliphatic heterocycles. The maximum absolute atomic E-state index is 12.8. The van der Waals surface area contributed by atoms with Crippen molar-refractivity contribution in [3.05, 3.63) is 89.7 Å². The molecule has 3 rings (SSSR count). The molecule has 0 aliphatic carbocycles. The van der Waals surface area contributed by atoms with Gasteiger partial charge in [0.05, 0.1) is 10.5 Å². The Balaban J connectivity index is 1.66. The molecule has 0 atom stereocenters. The molecule has 1 aromatic heterocycles. The average molecular weight is 464 g/mol. The van der Waals surface area contributed by atoms with E-state index in [1.807, 2.05) is 0 Å². The van der Waals surface area contributed by atoms with E-state index >= 15 is 0 Å². The van der Waals surface area contributed by atoms with E-state index in [0.717, 1.165) is 24.3 Å². The highest BCUT2D eigenvalue weighted by atomic mass is 32.2. The number of nitrogens with one attached hydrogen (secondary N) is 3. The fourth-order valence-electron chi connectivity index (χ4n) is 2.51. The summed E-state index contributed by atoms with van der Waals surface area (Å²) in [6.45, 7) is 0. The molecule has 0 radical (unpaired) electrons. The summed E-state index contributed by atoms with van der Waals surface area (Å²) in [5.41, 5.74) is 3.18. The van der Waals surface area contributed by atoms with E-state index in [9.17, 15) is 31.2 Å². The number of amides is 2. The van der Waals surface area contributed by atoms with Crippen LogP contribution in [-0.2, 0) is 16.2 Å². The lowest BCUT2D eigenvalue weighted by Gasteiger charge is -2.12. The number of nitrogens with zero attached hydrogens (tertiary/aromatic N) is 1. The Labute approximate surface area is 180 Å². The molecule has 166 valence electrons. The zero-order chi connectivity index (χ0) is 23.4. The normalized spacial score (nSPS) is 11.5. The van der Waals surface area contributed by atoms with Gasteiger partial charge in [0.25, 0.3) is 21.8 Å². The number of sulfonamides is 1. The molecule has 3 N–H and O–H groups in total. The van der Waals surface area contributed by atoms with Gasteiger partial charge >= 0.3 is 6.18 Å². The minimum atomic E-state index is -4.62. The molecule has 0 aliphatic rings. The number of hydrazine groups is 1. The molecule has 32 heavy (non-hydrogen) atoms. The Kier molecular flexibility index (Phi) is 6.44. The molecular weight excluding hydrogens is 449 g/mol. The average Bonchev–Trinajstić information content (AvgIpc) is 2.77. The van der Waals surface area contributed by atoms with E-state index in [1.165, 1.54) is 30.5 Å². The number of carbonyl (C=O) groups excluding carboxylic acids is 2. The number of rotatable bonds is 5. The summed E-state index contributed by atoms with van der Waals surface area (Å²) < 4.78 is 65.4. The summed E-state index contributed by atoms with van der Waals surface area (Å²) in [4.78, 5) is 27.6. The Morgan fingerprint density at radius 3 is 2.16 bits per heavy atom. The number of pyridine rings is 1. The van der Waals surface area contributed by atoms with Crippen LogP contribution in [0.4, 0.5) is 18.9 Å². The number of hydrogen-bond acceptors (Lipinski definition) is 5. The van der Waals surface area contributed by atoms with Crippen LogP contribution in [0.15, 0.2) is 77.8 Å². The Hall–Kier alpha value is -3.93. The van der Waals surface area contributed by atoms with Crippen molar-refractivity contribution in [3.63, 3.8) is 0 Å². The summed E-state index contributed by atoms with van der Waals surface area (Å²) in [6, 6.07) is 13.0. The van der Waals surface area contributed by atoms with Crippen LogP contribution in [0.2, 0.25) is 0 Å². The second-order valence-corrected chi connectivity index (χ2v) is 8.01. The van der Waals surface area contributed by atoms with E-state index in [0.29, 0.717) is 6.07 Å². The van der Waals surface area contributed by atoms with Crippen LogP contribution in [-0.4, -0.2) is 25.2 Å². The third kappa shape index (κ3) is 5.60. The topological polar surface area (TPSA) is 117 Å². The SMILES string of the molecule is O=C(NNC(=O)c1ccccn1)c1ccc(S(=O)(=O)Nc2cccc(C(F)(F)F)c2)cc1. The van der Waals surface area contributed by atoms with E-state index in [-0.39, 0.29) is 21.8 Å². The van der Waals surface area contributed by atoms with Crippen molar-refractivity contribution < 1.29 is 31.2 Å². The molecule has 8 nitrogen and oxygen atoms in total. The van der Waals surface area contributed by atoms with E-state index in [4.69, 9.17) is 0 Å². The molecule has 0 fully saturated rings. The highest BCUT2D eigenvalue weighted by Gasteiger charge is 2.30. The van der Waals surface area contributed by atoms with Gasteiger partial charge in [-0.1, -0.05) is 12.1 Å². The molecular formula is C20H15F3N4O4S. The predicted molar refractivity (Wildman–Crippen MR) is 108 cm³/mol. The van der Waals surface area contributed by atoms with Gasteiger partial charge in [0.1, 0.15) is 5.69 Å². The van der Waals surface area contributed by atoms with Crippen LogP contribution in [0.25, 0.3) is 0 Å². The zero-order valence-electron chi connectivity index (χ0n) is 16.1. The van der Waals surface area contributed by atoms with Gasteiger partial charge in [0.15, 0.2) is 0 Å². The molecule has 0 unspecified atom stereocenters. The summed E-state index contributed by atoms with van der Waals surface area (Å²) >= 11 is 0. The van der Waals surface area contributed by atoms with Crippen molar-refractivity contribution in [2.24, 2.45) is 0 Å². The third-order valence-electron chi connectivity index (χ3n) is 4.06. The fourth-order valence-corrected chi connectivity index (χ4v) is 3.55. The van der Waals surface area contributed by atoms with E-state index in [1.54, 1.807) is 12.1 Å². The van der Waals surface area contributed by atoms with Crippen LogP contribution in [0.3, 0.4) is 0 Å². The molecule has 3 aromatic rings. The monoisotopic (exact) mass is 464 g/mol. The lowest BCUT2D eigenvalue weighted by atomic mass is 10.2. The first kappa shape index (κ1) is 22.7. The van der Waals surface area contributed by atoms with Crippen molar-refractivity contribution >= 4 is 27.5 Å². The van der Waals surface area contributed by atoms with Crippen LogP contribution in [0.5, 0.6) is 0 Å². The quantitative estimate of drug-likeness (QED) is 0.502. The lowest BCUT2D eigenvalue weighted by molar-refractivity contribution is -0.137. The zero-order valence-corrected chi connectivity index (χ0v) is 16.9. The first-order chi connectivity index (χ1) is 15.1. The van der Waals surface area contributed by atoms with Crippen molar-refractivity contribution in [1.29, 1.82) is 0 Å². The molecule has 0 saturated heterocycles. The Bertz CT molecular complexity index is 1230. The number of halogens is 3. The maximum Gasteiger partial charge on any atom is 0.416 e. The highest BCUT2D eigenvalue weighted by molar-refractivity contribution is 7.92. The minimum Gasteiger partial charge on any atom is -0.280 e. The molecule has 2 amide bonds. The number of benzene rings is 2. The number of alkyl halides is 3. The third-order valence-corrected chi connectivity index (χ3v) is 5.45. The van der Waals surface area contributed by atoms with Gasteiger partial charge in [0.2, 0.25) is 0 Å². The van der Waals surface area contributed by atoms with Gasteiger partial charge in [-0.3, -0.25) is 30.1 Å². The van der Waals surface area contributed by atoms with E-state index in [2.05, 4.69) is 20.6 Å². The number of aromatic nitrogens is 1. The molecule has 12 heteroatoms. The van der Waals surface area contributed by atoms with Crippen molar-refractivity contribution in [1.82, 2.24) is 15.8 Å². The van der Waals surface area contributed by atoms with Crippen molar-refractivity contribution in [3.8, 4) is 0 Å². The number of hydrogen-bond donors (Lipinski definition) is 3.